The van der Waals surface area contributed by atoms with E-state index in [1.54, 1.807) is 0 Å². The Morgan fingerprint density at radius 2 is 1.21 bits per heavy atom. The van der Waals surface area contributed by atoms with E-state index in [1.807, 2.05) is 0 Å². The van der Waals surface area contributed by atoms with Gasteiger partial charge < -0.3 is 9.90 Å². The van der Waals surface area contributed by atoms with E-state index in [0.717, 1.165) is 19.1 Å². The van der Waals surface area contributed by atoms with Gasteiger partial charge in [-0.25, -0.2) is 4.79 Å². The molecule has 24 heavy (non-hydrogen) atoms. The van der Waals surface area contributed by atoms with Crippen molar-refractivity contribution in [1.29, 1.82) is 0 Å². The molecule has 0 aromatic rings. The summed E-state index contributed by atoms with van der Waals surface area (Å²) in [5, 5.41) is 8.84. The van der Waals surface area contributed by atoms with Crippen LogP contribution < -0.4 is 0 Å². The topological polar surface area (TPSA) is 54.4 Å². The van der Waals surface area contributed by atoms with E-state index in [2.05, 4.69) is 13.5 Å². The lowest BCUT2D eigenvalue weighted by Crippen LogP contribution is -2.12. The summed E-state index contributed by atoms with van der Waals surface area (Å²) in [6, 6.07) is 0. The number of unbranched alkanes of at least 4 members (excludes halogenated alkanes) is 13. The van der Waals surface area contributed by atoms with Gasteiger partial charge >= 0.3 is 5.97 Å². The van der Waals surface area contributed by atoms with E-state index < -0.39 is 11.9 Å². The molecule has 0 aliphatic carbocycles. The molecule has 0 amide bonds. The van der Waals surface area contributed by atoms with Crippen molar-refractivity contribution in [3.63, 3.8) is 0 Å². The van der Waals surface area contributed by atoms with Crippen LogP contribution >= 0.6 is 0 Å². The van der Waals surface area contributed by atoms with Gasteiger partial charge in [-0.15, -0.1) is 0 Å². The lowest BCUT2D eigenvalue weighted by Gasteiger charge is -2.09. The van der Waals surface area contributed by atoms with E-state index in [-0.39, 0.29) is 5.57 Å². The summed E-state index contributed by atoms with van der Waals surface area (Å²) in [5.41, 5.74) is 0.0275. The van der Waals surface area contributed by atoms with Gasteiger partial charge in [-0.3, -0.25) is 0 Å². The lowest BCUT2D eigenvalue weighted by molar-refractivity contribution is -0.134. The minimum atomic E-state index is -1.06. The van der Waals surface area contributed by atoms with Crippen molar-refractivity contribution >= 4 is 12.3 Å². The highest BCUT2D eigenvalue weighted by molar-refractivity contribution is 5.90. The van der Waals surface area contributed by atoms with Crippen LogP contribution in [0, 0.1) is 5.92 Å². The van der Waals surface area contributed by atoms with Crippen molar-refractivity contribution in [3.05, 3.63) is 12.2 Å². The summed E-state index contributed by atoms with van der Waals surface area (Å²) < 4.78 is 0. The summed E-state index contributed by atoms with van der Waals surface area (Å²) in [5.74, 6) is -1.57. The number of carbonyl (C=O) groups is 2. The van der Waals surface area contributed by atoms with Crippen molar-refractivity contribution in [2.45, 2.75) is 103 Å². The molecule has 0 bridgehead atoms. The van der Waals surface area contributed by atoms with E-state index >= 15 is 0 Å². The van der Waals surface area contributed by atoms with Crippen LogP contribution in [-0.2, 0) is 9.59 Å². The summed E-state index contributed by atoms with van der Waals surface area (Å²) >= 11 is 0. The Balaban J connectivity index is 3.32. The summed E-state index contributed by atoms with van der Waals surface area (Å²) in [4.78, 5) is 21.7. The summed E-state index contributed by atoms with van der Waals surface area (Å²) in [6.07, 6.45) is 19.5. The first-order valence-corrected chi connectivity index (χ1v) is 10.0. The maximum atomic E-state index is 10.9. The zero-order valence-corrected chi connectivity index (χ0v) is 15.7. The number of hydrogen-bond donors (Lipinski definition) is 1. The van der Waals surface area contributed by atoms with Gasteiger partial charge in [-0.1, -0.05) is 103 Å². The van der Waals surface area contributed by atoms with Crippen molar-refractivity contribution in [2.24, 2.45) is 5.92 Å². The average molecular weight is 339 g/mol. The molecule has 0 aromatic heterocycles. The van der Waals surface area contributed by atoms with E-state index in [1.165, 1.54) is 77.0 Å². The van der Waals surface area contributed by atoms with Crippen LogP contribution in [0.3, 0.4) is 0 Å². The molecule has 0 aromatic carbocycles. The number of carboxylic acid groups (broad SMARTS) is 1. The fourth-order valence-corrected chi connectivity index (χ4v) is 3.04. The predicted molar refractivity (Wildman–Crippen MR) is 101 cm³/mol. The number of aliphatic carboxylic acids is 1. The van der Waals surface area contributed by atoms with Crippen LogP contribution in [0.15, 0.2) is 12.2 Å². The van der Waals surface area contributed by atoms with Gasteiger partial charge in [-0.05, 0) is 6.42 Å². The van der Waals surface area contributed by atoms with Crippen LogP contribution in [0.2, 0.25) is 0 Å². The number of rotatable bonds is 18. The van der Waals surface area contributed by atoms with E-state index in [0.29, 0.717) is 6.42 Å². The molecule has 0 saturated carbocycles. The SMILES string of the molecule is C=C(C(=O)O)C(C=O)CCCCCCCCCCCCCCCC. The first-order chi connectivity index (χ1) is 11.6. The molecule has 1 N–H and O–H groups in total. The highest BCUT2D eigenvalue weighted by Crippen LogP contribution is 2.17. The van der Waals surface area contributed by atoms with Gasteiger partial charge in [0.15, 0.2) is 0 Å². The van der Waals surface area contributed by atoms with Crippen LogP contribution in [0.4, 0.5) is 0 Å². The number of carbonyl (C=O) groups excluding carboxylic acids is 1. The predicted octanol–water partition coefficient (Wildman–Crippen LogP) is 6.31. The van der Waals surface area contributed by atoms with Gasteiger partial charge in [-0.2, -0.15) is 0 Å². The van der Waals surface area contributed by atoms with Crippen LogP contribution in [0.25, 0.3) is 0 Å². The third-order valence-corrected chi connectivity index (χ3v) is 4.76. The molecule has 1 atom stereocenters. The second-order valence-corrected chi connectivity index (χ2v) is 6.96. The Kier molecular flexibility index (Phi) is 15.9. The summed E-state index contributed by atoms with van der Waals surface area (Å²) in [7, 11) is 0. The summed E-state index contributed by atoms with van der Waals surface area (Å²) in [6.45, 7) is 5.74. The smallest absolute Gasteiger partial charge is 0.331 e. The molecule has 0 aliphatic rings. The number of hydrogen-bond acceptors (Lipinski definition) is 2. The van der Waals surface area contributed by atoms with Gasteiger partial charge in [0.1, 0.15) is 6.29 Å². The highest BCUT2D eigenvalue weighted by atomic mass is 16.4. The largest absolute Gasteiger partial charge is 0.478 e. The Labute approximate surface area is 148 Å². The second-order valence-electron chi connectivity index (χ2n) is 6.96. The van der Waals surface area contributed by atoms with Gasteiger partial charge in [0.05, 0.1) is 0 Å². The fraction of sp³-hybridized carbons (Fsp3) is 0.810. The monoisotopic (exact) mass is 338 g/mol. The Hall–Kier alpha value is -1.12. The number of aldehydes is 1. The molecular weight excluding hydrogens is 300 g/mol. The van der Waals surface area contributed by atoms with E-state index in [4.69, 9.17) is 5.11 Å². The van der Waals surface area contributed by atoms with Crippen molar-refractivity contribution in [1.82, 2.24) is 0 Å². The average Bonchev–Trinajstić information content (AvgIpc) is 2.58. The standard InChI is InChI=1S/C21H38O3/c1-3-4-5-6-7-8-9-10-11-12-13-14-15-16-17-20(18-22)19(2)21(23)24/h18,20H,2-17H2,1H3,(H,23,24). The molecular formula is C21H38O3. The van der Waals surface area contributed by atoms with E-state index in [9.17, 15) is 9.59 Å². The maximum Gasteiger partial charge on any atom is 0.331 e. The Morgan fingerprint density at radius 1 is 0.833 bits per heavy atom. The zero-order chi connectivity index (χ0) is 18.0. The zero-order valence-electron chi connectivity index (χ0n) is 15.7. The molecule has 0 heterocycles. The normalized spacial score (nSPS) is 12.0. The molecule has 0 rings (SSSR count). The molecule has 0 fully saturated rings. The Morgan fingerprint density at radius 3 is 1.54 bits per heavy atom. The minimum absolute atomic E-state index is 0.0275. The Bertz CT molecular complexity index is 336. The first kappa shape index (κ1) is 22.9. The molecule has 0 aliphatic heterocycles. The van der Waals surface area contributed by atoms with Crippen molar-refractivity contribution in [2.75, 3.05) is 0 Å². The molecule has 1 unspecified atom stereocenters. The molecule has 0 spiro atoms. The van der Waals surface area contributed by atoms with Crippen LogP contribution in [-0.4, -0.2) is 17.4 Å². The lowest BCUT2D eigenvalue weighted by atomic mass is 9.95. The molecule has 3 nitrogen and oxygen atoms in total. The molecule has 3 heteroatoms. The van der Waals surface area contributed by atoms with Gasteiger partial charge in [0, 0.05) is 11.5 Å². The van der Waals surface area contributed by atoms with Crippen LogP contribution in [0.5, 0.6) is 0 Å². The maximum absolute atomic E-state index is 10.9. The second kappa shape index (κ2) is 16.7. The molecule has 140 valence electrons. The molecule has 0 saturated heterocycles. The number of carboxylic acids is 1. The van der Waals surface area contributed by atoms with Gasteiger partial charge in [0.2, 0.25) is 0 Å². The fourth-order valence-electron chi connectivity index (χ4n) is 3.04. The van der Waals surface area contributed by atoms with Crippen LogP contribution in [0.1, 0.15) is 103 Å². The highest BCUT2D eigenvalue weighted by Gasteiger charge is 2.16. The third-order valence-electron chi connectivity index (χ3n) is 4.76. The van der Waals surface area contributed by atoms with Crippen molar-refractivity contribution < 1.29 is 14.7 Å². The quantitative estimate of drug-likeness (QED) is 0.181. The third kappa shape index (κ3) is 13.3. The minimum Gasteiger partial charge on any atom is -0.478 e. The van der Waals surface area contributed by atoms with Crippen molar-refractivity contribution in [3.8, 4) is 0 Å². The molecule has 0 radical (unpaired) electrons. The van der Waals surface area contributed by atoms with Gasteiger partial charge in [0.25, 0.3) is 0 Å². The first-order valence-electron chi connectivity index (χ1n) is 10.0.